The maximum Gasteiger partial charge on any atom is 0.326 e. The van der Waals surface area contributed by atoms with Gasteiger partial charge in [-0.1, -0.05) is 27.7 Å². The van der Waals surface area contributed by atoms with E-state index < -0.39 is 12.0 Å². The van der Waals surface area contributed by atoms with Gasteiger partial charge in [0.15, 0.2) is 0 Å². The summed E-state index contributed by atoms with van der Waals surface area (Å²) in [6, 6.07) is -1.01. The van der Waals surface area contributed by atoms with Crippen LogP contribution in [0.3, 0.4) is 0 Å². The van der Waals surface area contributed by atoms with Gasteiger partial charge in [-0.15, -0.1) is 0 Å². The number of rotatable bonds is 5. The molecule has 1 saturated carbocycles. The number of carboxylic acid groups (broad SMARTS) is 1. The fourth-order valence-electron chi connectivity index (χ4n) is 2.62. The largest absolute Gasteiger partial charge is 0.480 e. The number of hydrogen-bond acceptors (Lipinski definition) is 2. The molecule has 1 atom stereocenters. The predicted molar refractivity (Wildman–Crippen MR) is 78.6 cm³/mol. The minimum atomic E-state index is -0.973. The number of nitrogens with one attached hydrogen (secondary N) is 2. The molecule has 0 aromatic rings. The first kappa shape index (κ1) is 16.8. The van der Waals surface area contributed by atoms with E-state index in [0.717, 1.165) is 25.7 Å². The Morgan fingerprint density at radius 3 is 2.25 bits per heavy atom. The molecule has 0 heterocycles. The van der Waals surface area contributed by atoms with Crippen molar-refractivity contribution in [1.82, 2.24) is 10.6 Å². The van der Waals surface area contributed by atoms with Gasteiger partial charge in [-0.2, -0.15) is 0 Å². The summed E-state index contributed by atoms with van der Waals surface area (Å²) in [5.74, 6) is -0.745. The van der Waals surface area contributed by atoms with E-state index in [-0.39, 0.29) is 18.0 Å². The summed E-state index contributed by atoms with van der Waals surface area (Å²) in [6.45, 7) is 8.37. The van der Waals surface area contributed by atoms with E-state index >= 15 is 0 Å². The highest BCUT2D eigenvalue weighted by molar-refractivity contribution is 5.82. The van der Waals surface area contributed by atoms with E-state index in [2.05, 4.69) is 24.5 Å². The van der Waals surface area contributed by atoms with Crippen LogP contribution in [0.5, 0.6) is 0 Å². The molecule has 0 spiro atoms. The lowest BCUT2D eigenvalue weighted by Crippen LogP contribution is -2.50. The standard InChI is InChI=1S/C15H28N2O3/c1-10(2)9-12(13(18)19)17-14(20)16-11-5-7-15(3,4)8-6-11/h10-12H,5-9H2,1-4H3,(H,18,19)(H2,16,17,20)/t12-/m0/s1. The maximum atomic E-state index is 11.9. The number of carbonyl (C=O) groups is 2. The fourth-order valence-corrected chi connectivity index (χ4v) is 2.62. The van der Waals surface area contributed by atoms with Crippen LogP contribution in [0.2, 0.25) is 0 Å². The Hall–Kier alpha value is -1.26. The molecule has 2 amide bonds. The highest BCUT2D eigenvalue weighted by Crippen LogP contribution is 2.34. The van der Waals surface area contributed by atoms with Crippen LogP contribution in [0.1, 0.15) is 59.8 Å². The van der Waals surface area contributed by atoms with Gasteiger partial charge in [-0.25, -0.2) is 9.59 Å². The van der Waals surface area contributed by atoms with Crippen molar-refractivity contribution < 1.29 is 14.7 Å². The van der Waals surface area contributed by atoms with E-state index in [9.17, 15) is 9.59 Å². The molecule has 20 heavy (non-hydrogen) atoms. The third kappa shape index (κ3) is 5.80. The third-order valence-electron chi connectivity index (χ3n) is 3.98. The Bertz CT molecular complexity index is 343. The number of carboxylic acids is 1. The first-order valence-corrected chi connectivity index (χ1v) is 7.49. The first-order chi connectivity index (χ1) is 9.19. The molecule has 0 aromatic heterocycles. The highest BCUT2D eigenvalue weighted by Gasteiger charge is 2.28. The van der Waals surface area contributed by atoms with Crippen molar-refractivity contribution in [3.8, 4) is 0 Å². The first-order valence-electron chi connectivity index (χ1n) is 7.49. The van der Waals surface area contributed by atoms with Gasteiger partial charge in [-0.3, -0.25) is 0 Å². The van der Waals surface area contributed by atoms with E-state index in [4.69, 9.17) is 5.11 Å². The summed E-state index contributed by atoms with van der Waals surface area (Å²) in [5.41, 5.74) is 0.357. The molecule has 0 radical (unpaired) electrons. The SMILES string of the molecule is CC(C)C[C@H](NC(=O)NC1CCC(C)(C)CC1)C(=O)O. The van der Waals surface area contributed by atoms with Crippen LogP contribution >= 0.6 is 0 Å². The zero-order valence-electron chi connectivity index (χ0n) is 13.0. The van der Waals surface area contributed by atoms with Crippen LogP contribution in [0.15, 0.2) is 0 Å². The van der Waals surface area contributed by atoms with Crippen LogP contribution in [0.25, 0.3) is 0 Å². The van der Waals surface area contributed by atoms with Gasteiger partial charge in [-0.05, 0) is 43.4 Å². The number of carbonyl (C=O) groups excluding carboxylic acids is 1. The van der Waals surface area contributed by atoms with Crippen LogP contribution in [-0.4, -0.2) is 29.2 Å². The summed E-state index contributed by atoms with van der Waals surface area (Å²) in [7, 11) is 0. The predicted octanol–water partition coefficient (Wildman–Crippen LogP) is 2.75. The summed E-state index contributed by atoms with van der Waals surface area (Å²) in [5, 5.41) is 14.6. The Morgan fingerprint density at radius 2 is 1.80 bits per heavy atom. The van der Waals surface area contributed by atoms with E-state index in [0.29, 0.717) is 11.8 Å². The second-order valence-corrected chi connectivity index (χ2v) is 7.08. The lowest BCUT2D eigenvalue weighted by molar-refractivity contribution is -0.139. The zero-order valence-corrected chi connectivity index (χ0v) is 13.0. The smallest absolute Gasteiger partial charge is 0.326 e. The van der Waals surface area contributed by atoms with E-state index in [1.54, 1.807) is 0 Å². The minimum absolute atomic E-state index is 0.163. The molecule has 3 N–H and O–H groups in total. The monoisotopic (exact) mass is 284 g/mol. The van der Waals surface area contributed by atoms with Crippen molar-refractivity contribution in [2.24, 2.45) is 11.3 Å². The van der Waals surface area contributed by atoms with Crippen molar-refractivity contribution in [1.29, 1.82) is 0 Å². The van der Waals surface area contributed by atoms with Gasteiger partial charge in [0.05, 0.1) is 0 Å². The van der Waals surface area contributed by atoms with Gasteiger partial charge in [0.25, 0.3) is 0 Å². The molecule has 0 unspecified atom stereocenters. The van der Waals surface area contributed by atoms with E-state index in [1.807, 2.05) is 13.8 Å². The lowest BCUT2D eigenvalue weighted by Gasteiger charge is -2.34. The fraction of sp³-hybridized carbons (Fsp3) is 0.867. The molecule has 0 saturated heterocycles. The molecule has 116 valence electrons. The quantitative estimate of drug-likeness (QED) is 0.726. The summed E-state index contributed by atoms with van der Waals surface area (Å²) in [6.07, 6.45) is 4.55. The van der Waals surface area contributed by atoms with Crippen LogP contribution in [0.4, 0.5) is 4.79 Å². The third-order valence-corrected chi connectivity index (χ3v) is 3.98. The van der Waals surface area contributed by atoms with Crippen molar-refractivity contribution >= 4 is 12.0 Å². The molecular formula is C15H28N2O3. The Morgan fingerprint density at radius 1 is 1.25 bits per heavy atom. The van der Waals surface area contributed by atoms with Gasteiger partial charge in [0.2, 0.25) is 0 Å². The second-order valence-electron chi connectivity index (χ2n) is 7.08. The molecule has 5 nitrogen and oxygen atoms in total. The van der Waals surface area contributed by atoms with Crippen LogP contribution < -0.4 is 10.6 Å². The Labute approximate surface area is 121 Å². The van der Waals surface area contributed by atoms with Gasteiger partial charge in [0.1, 0.15) is 6.04 Å². The molecule has 1 fully saturated rings. The van der Waals surface area contributed by atoms with Crippen molar-refractivity contribution in [3.63, 3.8) is 0 Å². The summed E-state index contributed by atoms with van der Waals surface area (Å²) < 4.78 is 0. The molecule has 1 aliphatic carbocycles. The van der Waals surface area contributed by atoms with Crippen molar-refractivity contribution in [2.75, 3.05) is 0 Å². The molecule has 0 bridgehead atoms. The van der Waals surface area contributed by atoms with Crippen molar-refractivity contribution in [3.05, 3.63) is 0 Å². The molecular weight excluding hydrogens is 256 g/mol. The van der Waals surface area contributed by atoms with Crippen LogP contribution in [0, 0.1) is 11.3 Å². The number of aliphatic carboxylic acids is 1. The number of urea groups is 1. The number of amides is 2. The highest BCUT2D eigenvalue weighted by atomic mass is 16.4. The summed E-state index contributed by atoms with van der Waals surface area (Å²) >= 11 is 0. The zero-order chi connectivity index (χ0) is 15.3. The topological polar surface area (TPSA) is 78.4 Å². The van der Waals surface area contributed by atoms with Crippen LogP contribution in [-0.2, 0) is 4.79 Å². The van der Waals surface area contributed by atoms with Crippen molar-refractivity contribution in [2.45, 2.75) is 71.9 Å². The van der Waals surface area contributed by atoms with Gasteiger partial charge >= 0.3 is 12.0 Å². The average molecular weight is 284 g/mol. The maximum absolute atomic E-state index is 11.9. The van der Waals surface area contributed by atoms with Gasteiger partial charge in [0, 0.05) is 6.04 Å². The molecule has 0 aromatic carbocycles. The normalized spacial score (nSPS) is 20.4. The molecule has 1 rings (SSSR count). The number of hydrogen-bond donors (Lipinski definition) is 3. The molecule has 0 aliphatic heterocycles. The Kier molecular flexibility index (Phi) is 5.84. The van der Waals surface area contributed by atoms with Gasteiger partial charge < -0.3 is 15.7 Å². The minimum Gasteiger partial charge on any atom is -0.480 e. The molecule has 1 aliphatic rings. The van der Waals surface area contributed by atoms with E-state index in [1.165, 1.54) is 0 Å². The Balaban J connectivity index is 2.40. The second kappa shape index (κ2) is 6.95. The summed E-state index contributed by atoms with van der Waals surface area (Å²) in [4.78, 5) is 23.0. The average Bonchev–Trinajstić information content (AvgIpc) is 2.30. The molecule has 5 heteroatoms. The lowest BCUT2D eigenvalue weighted by atomic mass is 9.76.